The van der Waals surface area contributed by atoms with E-state index in [0.717, 1.165) is 5.56 Å². The lowest BCUT2D eigenvalue weighted by Gasteiger charge is -2.31. The van der Waals surface area contributed by atoms with Crippen LogP contribution in [0.4, 0.5) is 10.5 Å². The second kappa shape index (κ2) is 10.8. The van der Waals surface area contributed by atoms with Gasteiger partial charge in [0.1, 0.15) is 23.6 Å². The minimum Gasteiger partial charge on any atom is -0.497 e. The second-order valence-corrected chi connectivity index (χ2v) is 8.35. The monoisotopic (exact) mass is 490 g/mol. The zero-order valence-electron chi connectivity index (χ0n) is 19.8. The number of urea groups is 1. The van der Waals surface area contributed by atoms with Gasteiger partial charge in [-0.25, -0.2) is 4.79 Å². The molecular weight excluding hydrogens is 464 g/mol. The van der Waals surface area contributed by atoms with Crippen molar-refractivity contribution < 1.29 is 28.3 Å². The van der Waals surface area contributed by atoms with Gasteiger partial charge in [-0.15, -0.1) is 0 Å². The van der Waals surface area contributed by atoms with Crippen molar-refractivity contribution in [2.75, 3.05) is 12.4 Å². The fourth-order valence-electron chi connectivity index (χ4n) is 3.89. The van der Waals surface area contributed by atoms with Crippen LogP contribution in [0.5, 0.6) is 5.75 Å². The number of benzene rings is 2. The van der Waals surface area contributed by atoms with Crippen LogP contribution in [0.1, 0.15) is 29.3 Å². The van der Waals surface area contributed by atoms with Crippen LogP contribution in [-0.4, -0.2) is 41.8 Å². The highest BCUT2D eigenvalue weighted by molar-refractivity contribution is 6.06. The highest BCUT2D eigenvalue weighted by Gasteiger charge is 2.37. The lowest BCUT2D eigenvalue weighted by Crippen LogP contribution is -2.44. The number of ether oxygens (including phenoxy) is 1. The molecule has 0 spiro atoms. The van der Waals surface area contributed by atoms with Crippen molar-refractivity contribution in [2.45, 2.75) is 32.0 Å². The zero-order chi connectivity index (χ0) is 25.7. The van der Waals surface area contributed by atoms with Crippen molar-refractivity contribution in [3.63, 3.8) is 0 Å². The average Bonchev–Trinajstić information content (AvgIpc) is 3.49. The Morgan fingerprint density at radius 3 is 2.39 bits per heavy atom. The van der Waals surface area contributed by atoms with Crippen LogP contribution in [0.3, 0.4) is 0 Å². The quantitative estimate of drug-likeness (QED) is 0.396. The molecule has 1 aliphatic heterocycles. The van der Waals surface area contributed by atoms with E-state index in [1.54, 1.807) is 55.6 Å². The van der Waals surface area contributed by atoms with Crippen molar-refractivity contribution >= 4 is 29.4 Å². The third-order valence-electron chi connectivity index (χ3n) is 5.77. The highest BCUT2D eigenvalue weighted by Crippen LogP contribution is 2.27. The molecule has 0 bridgehead atoms. The van der Waals surface area contributed by atoms with Crippen LogP contribution in [0.25, 0.3) is 0 Å². The molecule has 1 fully saturated rings. The standard InChI is InChI=1S/C26H26N4O6/c1-16-5-7-17(8-6-16)23(25(33)27-18-9-11-19(35-2)12-10-18)30(15-20-4-3-13-36-20)22(31)14-21-24(32)29-26(34)28-21/h3-13,21,23H,14-15H2,1-2H3,(H,27,33)(H2,28,29,32,34). The summed E-state index contributed by atoms with van der Waals surface area (Å²) in [5.41, 5.74) is 2.08. The van der Waals surface area contributed by atoms with Crippen molar-refractivity contribution in [3.8, 4) is 5.75 Å². The molecule has 0 saturated carbocycles. The maximum absolute atomic E-state index is 13.7. The Bertz CT molecular complexity index is 1240. The molecule has 1 aliphatic rings. The van der Waals surface area contributed by atoms with Gasteiger partial charge in [0.25, 0.3) is 11.8 Å². The van der Waals surface area contributed by atoms with Gasteiger partial charge in [0.2, 0.25) is 5.91 Å². The van der Waals surface area contributed by atoms with Gasteiger partial charge in [0.05, 0.1) is 26.3 Å². The number of hydrogen-bond acceptors (Lipinski definition) is 6. The number of amides is 5. The van der Waals surface area contributed by atoms with E-state index < -0.39 is 35.8 Å². The van der Waals surface area contributed by atoms with Crippen LogP contribution in [0.2, 0.25) is 0 Å². The predicted octanol–water partition coefficient (Wildman–Crippen LogP) is 2.90. The third-order valence-corrected chi connectivity index (χ3v) is 5.77. The van der Waals surface area contributed by atoms with Crippen molar-refractivity contribution in [2.24, 2.45) is 0 Å². The van der Waals surface area contributed by atoms with Gasteiger partial charge in [-0.1, -0.05) is 29.8 Å². The Balaban J connectivity index is 1.68. The Hall–Kier alpha value is -4.60. The Morgan fingerprint density at radius 1 is 1.08 bits per heavy atom. The summed E-state index contributed by atoms with van der Waals surface area (Å²) in [5, 5.41) is 7.42. The molecule has 10 heteroatoms. The number of imide groups is 1. The minimum atomic E-state index is -1.05. The van der Waals surface area contributed by atoms with Gasteiger partial charge in [0, 0.05) is 5.69 Å². The first-order valence-corrected chi connectivity index (χ1v) is 11.3. The van der Waals surface area contributed by atoms with Gasteiger partial charge < -0.3 is 24.7 Å². The molecule has 0 aliphatic carbocycles. The Labute approximate surface area is 207 Å². The maximum Gasteiger partial charge on any atom is 0.322 e. The summed E-state index contributed by atoms with van der Waals surface area (Å²) in [6, 6.07) is 14.7. The molecule has 2 atom stereocenters. The van der Waals surface area contributed by atoms with Crippen molar-refractivity contribution in [3.05, 3.63) is 83.8 Å². The third kappa shape index (κ3) is 5.72. The van der Waals surface area contributed by atoms with Crippen LogP contribution < -0.4 is 20.7 Å². The summed E-state index contributed by atoms with van der Waals surface area (Å²) in [6.45, 7) is 1.89. The minimum absolute atomic E-state index is 0.0251. The van der Waals surface area contributed by atoms with Crippen LogP contribution >= 0.6 is 0 Å². The van der Waals surface area contributed by atoms with E-state index in [-0.39, 0.29) is 13.0 Å². The van der Waals surface area contributed by atoms with E-state index in [1.165, 1.54) is 11.2 Å². The van der Waals surface area contributed by atoms with E-state index in [9.17, 15) is 19.2 Å². The van der Waals surface area contributed by atoms with Gasteiger partial charge in [-0.2, -0.15) is 0 Å². The topological polar surface area (TPSA) is 130 Å². The Morgan fingerprint density at radius 2 is 1.81 bits per heavy atom. The molecule has 36 heavy (non-hydrogen) atoms. The maximum atomic E-state index is 13.7. The summed E-state index contributed by atoms with van der Waals surface area (Å²) in [4.78, 5) is 52.2. The molecule has 2 unspecified atom stereocenters. The molecule has 5 amide bonds. The lowest BCUT2D eigenvalue weighted by atomic mass is 10.0. The first kappa shape index (κ1) is 24.5. The number of carbonyl (C=O) groups is 4. The van der Waals surface area contributed by atoms with Crippen LogP contribution in [0, 0.1) is 6.92 Å². The van der Waals surface area contributed by atoms with Crippen molar-refractivity contribution in [1.29, 1.82) is 0 Å². The van der Waals surface area contributed by atoms with E-state index >= 15 is 0 Å². The van der Waals surface area contributed by atoms with E-state index in [4.69, 9.17) is 9.15 Å². The molecule has 2 heterocycles. The summed E-state index contributed by atoms with van der Waals surface area (Å²) in [5.74, 6) is -0.471. The zero-order valence-corrected chi connectivity index (χ0v) is 19.8. The van der Waals surface area contributed by atoms with E-state index in [2.05, 4.69) is 16.0 Å². The molecule has 3 aromatic rings. The number of nitrogens with zero attached hydrogens (tertiary/aromatic N) is 1. The fraction of sp³-hybridized carbons (Fsp3) is 0.231. The Kier molecular flexibility index (Phi) is 7.33. The van der Waals surface area contributed by atoms with Gasteiger partial charge in [0.15, 0.2) is 0 Å². The molecule has 2 aromatic carbocycles. The summed E-state index contributed by atoms with van der Waals surface area (Å²) < 4.78 is 10.6. The number of rotatable bonds is 9. The molecule has 3 N–H and O–H groups in total. The van der Waals surface area contributed by atoms with Crippen LogP contribution in [0.15, 0.2) is 71.3 Å². The molecule has 0 radical (unpaired) electrons. The highest BCUT2D eigenvalue weighted by atomic mass is 16.5. The first-order chi connectivity index (χ1) is 17.3. The van der Waals surface area contributed by atoms with Gasteiger partial charge in [-0.05, 0) is 48.9 Å². The predicted molar refractivity (Wildman–Crippen MR) is 130 cm³/mol. The average molecular weight is 491 g/mol. The van der Waals surface area contributed by atoms with Gasteiger partial charge >= 0.3 is 6.03 Å². The van der Waals surface area contributed by atoms with Crippen LogP contribution in [-0.2, 0) is 20.9 Å². The molecule has 10 nitrogen and oxygen atoms in total. The molecule has 186 valence electrons. The molecule has 1 saturated heterocycles. The second-order valence-electron chi connectivity index (χ2n) is 8.35. The van der Waals surface area contributed by atoms with Gasteiger partial charge in [-0.3, -0.25) is 19.7 Å². The number of methoxy groups -OCH3 is 1. The molecular formula is C26H26N4O6. The SMILES string of the molecule is COc1ccc(NC(=O)C(c2ccc(C)cc2)N(Cc2ccco2)C(=O)CC2NC(=O)NC2=O)cc1. The number of hydrogen-bond donors (Lipinski definition) is 3. The fourth-order valence-corrected chi connectivity index (χ4v) is 3.89. The van der Waals surface area contributed by atoms with E-state index in [0.29, 0.717) is 22.8 Å². The summed E-state index contributed by atoms with van der Waals surface area (Å²) >= 11 is 0. The lowest BCUT2D eigenvalue weighted by molar-refractivity contribution is -0.141. The summed E-state index contributed by atoms with van der Waals surface area (Å²) in [6.07, 6.45) is 1.15. The first-order valence-electron chi connectivity index (χ1n) is 11.3. The number of aryl methyl sites for hydroxylation is 1. The largest absolute Gasteiger partial charge is 0.497 e. The van der Waals surface area contributed by atoms with Crippen molar-refractivity contribution in [1.82, 2.24) is 15.5 Å². The number of nitrogens with one attached hydrogen (secondary N) is 3. The number of anilines is 1. The smallest absolute Gasteiger partial charge is 0.322 e. The molecule has 4 rings (SSSR count). The normalized spacial score (nSPS) is 15.6. The summed E-state index contributed by atoms with van der Waals surface area (Å²) in [7, 11) is 1.55. The van der Waals surface area contributed by atoms with E-state index in [1.807, 2.05) is 19.1 Å². The number of carbonyl (C=O) groups excluding carboxylic acids is 4. The number of furan rings is 1. The molecule has 1 aromatic heterocycles.